The van der Waals surface area contributed by atoms with Crippen molar-refractivity contribution in [3.63, 3.8) is 0 Å². The lowest BCUT2D eigenvalue weighted by Crippen LogP contribution is -2.12. The molecule has 0 rings (SSSR count). The van der Waals surface area contributed by atoms with Gasteiger partial charge in [0.25, 0.3) is 0 Å². The average molecular weight is 331 g/mol. The van der Waals surface area contributed by atoms with Gasteiger partial charge in [0.05, 0.1) is 12.9 Å². The summed E-state index contributed by atoms with van der Waals surface area (Å²) in [6.07, 6.45) is 17.2. The van der Waals surface area contributed by atoms with Crippen LogP contribution in [-0.4, -0.2) is 33.9 Å². The Morgan fingerprint density at radius 1 is 0.826 bits per heavy atom. The number of ether oxygens (including phenoxy) is 4. The minimum atomic E-state index is -0.0268. The first-order chi connectivity index (χ1) is 11.3. The van der Waals surface area contributed by atoms with Crippen LogP contribution in [0.3, 0.4) is 0 Å². The van der Waals surface area contributed by atoms with Gasteiger partial charge >= 0.3 is 0 Å². The van der Waals surface area contributed by atoms with Crippen LogP contribution in [0.25, 0.3) is 0 Å². The molecule has 23 heavy (non-hydrogen) atoms. The first-order valence-electron chi connectivity index (χ1n) is 9.25. The van der Waals surface area contributed by atoms with Crippen LogP contribution in [0.4, 0.5) is 0 Å². The monoisotopic (exact) mass is 330 g/mol. The standard InChI is InChI=1S/C19H38O4/c1-4-5-16-22-18-23-17-14-12-10-8-6-7-9-11-13-15-19(20-2)21-3/h14,17,19H,4-13,15-16,18H2,1-3H3. The predicted molar refractivity (Wildman–Crippen MR) is 95.3 cm³/mol. The van der Waals surface area contributed by atoms with E-state index in [4.69, 9.17) is 18.9 Å². The van der Waals surface area contributed by atoms with Crippen LogP contribution >= 0.6 is 0 Å². The molecule has 0 aromatic rings. The molecule has 0 fully saturated rings. The van der Waals surface area contributed by atoms with E-state index in [1.165, 1.54) is 44.9 Å². The second kappa shape index (κ2) is 19.5. The third-order valence-electron chi connectivity index (χ3n) is 3.82. The van der Waals surface area contributed by atoms with Gasteiger partial charge in [-0.1, -0.05) is 45.4 Å². The highest BCUT2D eigenvalue weighted by Crippen LogP contribution is 2.12. The largest absolute Gasteiger partial charge is 0.475 e. The van der Waals surface area contributed by atoms with Gasteiger partial charge in [-0.3, -0.25) is 0 Å². The van der Waals surface area contributed by atoms with Crippen molar-refractivity contribution in [3.05, 3.63) is 12.3 Å². The zero-order valence-corrected chi connectivity index (χ0v) is 15.6. The summed E-state index contributed by atoms with van der Waals surface area (Å²) in [5.41, 5.74) is 0. The van der Waals surface area contributed by atoms with Crippen LogP contribution < -0.4 is 0 Å². The van der Waals surface area contributed by atoms with Crippen molar-refractivity contribution in [1.82, 2.24) is 0 Å². The molecule has 138 valence electrons. The van der Waals surface area contributed by atoms with Crippen molar-refractivity contribution in [1.29, 1.82) is 0 Å². The molecule has 0 saturated heterocycles. The van der Waals surface area contributed by atoms with E-state index in [-0.39, 0.29) is 6.29 Å². The first kappa shape index (κ1) is 22.4. The van der Waals surface area contributed by atoms with Gasteiger partial charge in [0.1, 0.15) is 0 Å². The van der Waals surface area contributed by atoms with Gasteiger partial charge in [-0.2, -0.15) is 0 Å². The molecular weight excluding hydrogens is 292 g/mol. The van der Waals surface area contributed by atoms with Crippen molar-refractivity contribution in [2.75, 3.05) is 27.6 Å². The third-order valence-corrected chi connectivity index (χ3v) is 3.82. The maximum absolute atomic E-state index is 5.31. The fraction of sp³-hybridized carbons (Fsp3) is 0.895. The summed E-state index contributed by atoms with van der Waals surface area (Å²) in [4.78, 5) is 0. The molecule has 0 aliphatic carbocycles. The van der Waals surface area contributed by atoms with E-state index in [2.05, 4.69) is 13.0 Å². The van der Waals surface area contributed by atoms with E-state index in [1.54, 1.807) is 20.5 Å². The van der Waals surface area contributed by atoms with Gasteiger partial charge in [0.15, 0.2) is 13.1 Å². The maximum atomic E-state index is 5.31. The molecule has 0 radical (unpaired) electrons. The van der Waals surface area contributed by atoms with Gasteiger partial charge in [-0.15, -0.1) is 0 Å². The molecule has 0 N–H and O–H groups in total. The lowest BCUT2D eigenvalue weighted by atomic mass is 10.1. The summed E-state index contributed by atoms with van der Waals surface area (Å²) >= 11 is 0. The van der Waals surface area contributed by atoms with Gasteiger partial charge in [-0.25, -0.2) is 0 Å². The quantitative estimate of drug-likeness (QED) is 0.191. The summed E-state index contributed by atoms with van der Waals surface area (Å²) in [7, 11) is 3.40. The average Bonchev–Trinajstić information content (AvgIpc) is 2.58. The summed E-state index contributed by atoms with van der Waals surface area (Å²) in [6, 6.07) is 0. The molecule has 0 aliphatic rings. The number of hydrogen-bond donors (Lipinski definition) is 0. The Balaban J connectivity index is 3.12. The smallest absolute Gasteiger partial charge is 0.188 e. The Kier molecular flexibility index (Phi) is 19.0. The highest BCUT2D eigenvalue weighted by Gasteiger charge is 2.03. The lowest BCUT2D eigenvalue weighted by molar-refractivity contribution is -0.107. The summed E-state index contributed by atoms with van der Waals surface area (Å²) in [6.45, 7) is 3.33. The van der Waals surface area contributed by atoms with Crippen molar-refractivity contribution >= 4 is 0 Å². The molecule has 4 heteroatoms. The molecule has 0 saturated carbocycles. The van der Waals surface area contributed by atoms with Crippen LogP contribution in [0.15, 0.2) is 12.3 Å². The second-order valence-corrected chi connectivity index (χ2v) is 5.87. The number of methoxy groups -OCH3 is 2. The van der Waals surface area contributed by atoms with E-state index in [0.29, 0.717) is 6.79 Å². The molecular formula is C19H38O4. The lowest BCUT2D eigenvalue weighted by Gasteiger charge is -2.12. The van der Waals surface area contributed by atoms with E-state index in [9.17, 15) is 0 Å². The number of rotatable bonds is 18. The Morgan fingerprint density at radius 2 is 1.48 bits per heavy atom. The van der Waals surface area contributed by atoms with Crippen LogP contribution in [0.1, 0.15) is 77.6 Å². The van der Waals surface area contributed by atoms with Crippen molar-refractivity contribution in [3.8, 4) is 0 Å². The van der Waals surface area contributed by atoms with Crippen LogP contribution in [0.5, 0.6) is 0 Å². The van der Waals surface area contributed by atoms with Gasteiger partial charge in [0.2, 0.25) is 0 Å². The summed E-state index contributed by atoms with van der Waals surface area (Å²) in [5.74, 6) is 0. The fourth-order valence-electron chi connectivity index (χ4n) is 2.32. The number of unbranched alkanes of at least 4 members (excludes halogenated alkanes) is 8. The Morgan fingerprint density at radius 3 is 2.13 bits per heavy atom. The topological polar surface area (TPSA) is 36.9 Å². The second-order valence-electron chi connectivity index (χ2n) is 5.87. The van der Waals surface area contributed by atoms with Crippen LogP contribution in [-0.2, 0) is 18.9 Å². The van der Waals surface area contributed by atoms with Crippen molar-refractivity contribution < 1.29 is 18.9 Å². The fourth-order valence-corrected chi connectivity index (χ4v) is 2.32. The molecule has 0 aromatic heterocycles. The zero-order chi connectivity index (χ0) is 17.0. The molecule has 0 heterocycles. The van der Waals surface area contributed by atoms with Gasteiger partial charge in [0, 0.05) is 14.2 Å². The summed E-state index contributed by atoms with van der Waals surface area (Å²) < 4.78 is 20.9. The normalized spacial score (nSPS) is 11.7. The number of allylic oxidation sites excluding steroid dienone is 1. The Bertz CT molecular complexity index is 240. The van der Waals surface area contributed by atoms with Crippen molar-refractivity contribution in [2.45, 2.75) is 83.8 Å². The molecule has 0 atom stereocenters. The van der Waals surface area contributed by atoms with Crippen LogP contribution in [0.2, 0.25) is 0 Å². The molecule has 0 spiro atoms. The third kappa shape index (κ3) is 17.6. The molecule has 0 amide bonds. The molecule has 4 nitrogen and oxygen atoms in total. The highest BCUT2D eigenvalue weighted by atomic mass is 16.7. The molecule has 0 aromatic carbocycles. The van der Waals surface area contributed by atoms with Gasteiger partial charge in [-0.05, 0) is 38.2 Å². The van der Waals surface area contributed by atoms with Crippen LogP contribution in [0, 0.1) is 0 Å². The number of hydrogen-bond acceptors (Lipinski definition) is 4. The minimum Gasteiger partial charge on any atom is -0.475 e. The van der Waals surface area contributed by atoms with Gasteiger partial charge < -0.3 is 18.9 Å². The van der Waals surface area contributed by atoms with E-state index < -0.39 is 0 Å². The molecule has 0 bridgehead atoms. The minimum absolute atomic E-state index is 0.0268. The van der Waals surface area contributed by atoms with Crippen molar-refractivity contribution in [2.24, 2.45) is 0 Å². The Labute approximate surface area is 143 Å². The first-order valence-corrected chi connectivity index (χ1v) is 9.25. The molecule has 0 unspecified atom stereocenters. The predicted octanol–water partition coefficient (Wildman–Crippen LogP) is 5.42. The van der Waals surface area contributed by atoms with E-state index >= 15 is 0 Å². The van der Waals surface area contributed by atoms with E-state index in [1.807, 2.05) is 0 Å². The zero-order valence-electron chi connectivity index (χ0n) is 15.6. The molecule has 0 aliphatic heterocycles. The van der Waals surface area contributed by atoms with E-state index in [0.717, 1.165) is 32.3 Å². The summed E-state index contributed by atoms with van der Waals surface area (Å²) in [5, 5.41) is 0. The highest BCUT2D eigenvalue weighted by molar-refractivity contribution is 4.72. The SMILES string of the molecule is CCCCOCOC=CCCCCCCCCCC(OC)OC. The Hall–Kier alpha value is -0.580. The maximum Gasteiger partial charge on any atom is 0.188 e.